The molecule has 8 heteroatoms. The predicted octanol–water partition coefficient (Wildman–Crippen LogP) is 3.27. The van der Waals surface area contributed by atoms with Crippen LogP contribution in [0.2, 0.25) is 0 Å². The van der Waals surface area contributed by atoms with Gasteiger partial charge in [0, 0.05) is 12.2 Å². The van der Waals surface area contributed by atoms with Crippen molar-refractivity contribution >= 4 is 5.91 Å². The Balaban J connectivity index is 1.81. The molecule has 0 fully saturated rings. The minimum atomic E-state index is -2.01. The van der Waals surface area contributed by atoms with Gasteiger partial charge in [-0.25, -0.2) is 17.6 Å². The zero-order valence-corrected chi connectivity index (χ0v) is 12.9. The van der Waals surface area contributed by atoms with Crippen LogP contribution in [0.1, 0.15) is 47.6 Å². The average molecular weight is 341 g/mol. The molecule has 2 heterocycles. The molecule has 0 bridgehead atoms. The number of carbonyl (C=O) groups excluding carboxylic acids is 1. The molecule has 0 saturated carbocycles. The summed E-state index contributed by atoms with van der Waals surface area (Å²) in [6.07, 6.45) is 2.97. The number of aryl methyl sites for hydroxylation is 2. The van der Waals surface area contributed by atoms with E-state index < -0.39 is 40.8 Å². The van der Waals surface area contributed by atoms with Crippen molar-refractivity contribution in [1.82, 2.24) is 15.1 Å². The summed E-state index contributed by atoms with van der Waals surface area (Å²) in [6.45, 7) is 2.42. The average Bonchev–Trinajstić information content (AvgIpc) is 3.00. The number of aromatic nitrogens is 2. The number of fused-ring (bicyclic) bond motifs is 1. The van der Waals surface area contributed by atoms with Crippen molar-refractivity contribution in [3.8, 4) is 0 Å². The van der Waals surface area contributed by atoms with Crippen LogP contribution < -0.4 is 5.32 Å². The molecule has 1 aliphatic heterocycles. The van der Waals surface area contributed by atoms with Crippen molar-refractivity contribution in [2.24, 2.45) is 0 Å². The highest BCUT2D eigenvalue weighted by Gasteiger charge is 2.25. The molecule has 0 spiro atoms. The second kappa shape index (κ2) is 6.26. The van der Waals surface area contributed by atoms with Crippen molar-refractivity contribution in [2.75, 3.05) is 0 Å². The van der Waals surface area contributed by atoms with E-state index in [-0.39, 0.29) is 0 Å². The second-order valence-corrected chi connectivity index (χ2v) is 5.78. The highest BCUT2D eigenvalue weighted by molar-refractivity contribution is 5.94. The fourth-order valence-corrected chi connectivity index (χ4v) is 2.74. The Morgan fingerprint density at radius 3 is 2.62 bits per heavy atom. The predicted molar refractivity (Wildman–Crippen MR) is 77.3 cm³/mol. The summed E-state index contributed by atoms with van der Waals surface area (Å²) in [5, 5.41) is 6.79. The number of hydrogen-bond acceptors (Lipinski definition) is 2. The summed E-state index contributed by atoms with van der Waals surface area (Å²) in [5.74, 6) is -8.33. The molecular weight excluding hydrogens is 326 g/mol. The Bertz CT molecular complexity index is 780. The van der Waals surface area contributed by atoms with Gasteiger partial charge in [-0.3, -0.25) is 9.48 Å². The third-order valence-corrected chi connectivity index (χ3v) is 4.07. The first-order chi connectivity index (χ1) is 11.4. The molecular formula is C16H15F4N3O. The van der Waals surface area contributed by atoms with Crippen molar-refractivity contribution in [2.45, 2.75) is 38.8 Å². The monoisotopic (exact) mass is 341 g/mol. The zero-order chi connectivity index (χ0) is 17.4. The van der Waals surface area contributed by atoms with Gasteiger partial charge in [-0.15, -0.1) is 0 Å². The number of nitrogens with one attached hydrogen (secondary N) is 1. The van der Waals surface area contributed by atoms with E-state index in [2.05, 4.69) is 10.4 Å². The number of nitrogens with zero attached hydrogens (tertiary/aromatic N) is 2. The molecule has 1 aromatic carbocycles. The molecule has 24 heavy (non-hydrogen) atoms. The van der Waals surface area contributed by atoms with Crippen LogP contribution in [0.5, 0.6) is 0 Å². The quantitative estimate of drug-likeness (QED) is 0.529. The first-order valence-corrected chi connectivity index (χ1v) is 7.59. The minimum Gasteiger partial charge on any atom is -0.344 e. The maximum Gasteiger partial charge on any atom is 0.255 e. The maximum absolute atomic E-state index is 13.7. The van der Waals surface area contributed by atoms with Crippen LogP contribution in [-0.4, -0.2) is 15.7 Å². The van der Waals surface area contributed by atoms with Gasteiger partial charge in [0.15, 0.2) is 23.3 Å². The fraction of sp³-hybridized carbons (Fsp3) is 0.375. The minimum absolute atomic E-state index is 0.341. The van der Waals surface area contributed by atoms with E-state index in [1.807, 2.05) is 10.7 Å². The summed E-state index contributed by atoms with van der Waals surface area (Å²) in [7, 11) is 0. The summed E-state index contributed by atoms with van der Waals surface area (Å²) >= 11 is 0. The molecule has 0 aliphatic carbocycles. The van der Waals surface area contributed by atoms with Gasteiger partial charge in [-0.1, -0.05) is 0 Å². The number of halogens is 4. The fourth-order valence-electron chi connectivity index (χ4n) is 2.74. The van der Waals surface area contributed by atoms with E-state index in [1.165, 1.54) is 0 Å². The van der Waals surface area contributed by atoms with Gasteiger partial charge < -0.3 is 5.32 Å². The molecule has 1 aliphatic rings. The van der Waals surface area contributed by atoms with E-state index in [9.17, 15) is 22.4 Å². The van der Waals surface area contributed by atoms with Gasteiger partial charge >= 0.3 is 0 Å². The molecule has 1 amide bonds. The molecule has 3 rings (SSSR count). The lowest BCUT2D eigenvalue weighted by atomic mass is 10.1. The number of rotatable bonds is 3. The lowest BCUT2D eigenvalue weighted by molar-refractivity contribution is 0.0932. The maximum atomic E-state index is 13.7. The first-order valence-electron chi connectivity index (χ1n) is 7.59. The van der Waals surface area contributed by atoms with E-state index in [0.717, 1.165) is 31.5 Å². The largest absolute Gasteiger partial charge is 0.344 e. The number of amides is 1. The molecule has 1 atom stereocenters. The van der Waals surface area contributed by atoms with Gasteiger partial charge in [-0.05, 0) is 38.3 Å². The Morgan fingerprint density at radius 1 is 1.17 bits per heavy atom. The standard InChI is InChI=1S/C16H15F4N3O/c1-8(12-6-9-4-2-3-5-23(9)22-12)21-16(24)10-7-11(17)14(19)15(20)13(10)18/h6-8H,2-5H2,1H3,(H,21,24). The van der Waals surface area contributed by atoms with Crippen LogP contribution in [0.25, 0.3) is 0 Å². The smallest absolute Gasteiger partial charge is 0.255 e. The molecule has 4 nitrogen and oxygen atoms in total. The van der Waals surface area contributed by atoms with Crippen molar-refractivity contribution in [3.05, 3.63) is 52.4 Å². The zero-order valence-electron chi connectivity index (χ0n) is 12.9. The number of benzene rings is 1. The number of hydrogen-bond donors (Lipinski definition) is 1. The topological polar surface area (TPSA) is 46.9 Å². The van der Waals surface area contributed by atoms with Gasteiger partial charge in [0.1, 0.15) is 0 Å². The lowest BCUT2D eigenvalue weighted by Gasteiger charge is -2.13. The Hall–Kier alpha value is -2.38. The van der Waals surface area contributed by atoms with Crippen LogP contribution in [-0.2, 0) is 13.0 Å². The Morgan fingerprint density at radius 2 is 1.92 bits per heavy atom. The Labute approximate surface area is 135 Å². The van der Waals surface area contributed by atoms with E-state index in [4.69, 9.17) is 0 Å². The van der Waals surface area contributed by atoms with Crippen molar-refractivity contribution in [1.29, 1.82) is 0 Å². The van der Waals surface area contributed by atoms with E-state index in [0.29, 0.717) is 11.8 Å². The van der Waals surface area contributed by atoms with E-state index in [1.54, 1.807) is 6.92 Å². The third-order valence-electron chi connectivity index (χ3n) is 4.07. The van der Waals surface area contributed by atoms with Crippen molar-refractivity contribution < 1.29 is 22.4 Å². The van der Waals surface area contributed by atoms with Crippen LogP contribution >= 0.6 is 0 Å². The number of carbonyl (C=O) groups is 1. The highest BCUT2D eigenvalue weighted by atomic mass is 19.2. The summed E-state index contributed by atoms with van der Waals surface area (Å²) in [5.41, 5.74) is 0.730. The molecule has 1 N–H and O–H groups in total. The van der Waals surface area contributed by atoms with Crippen LogP contribution in [0.15, 0.2) is 12.1 Å². The van der Waals surface area contributed by atoms with Gasteiger partial charge in [0.25, 0.3) is 5.91 Å². The summed E-state index contributed by atoms with van der Waals surface area (Å²) < 4.78 is 54.9. The van der Waals surface area contributed by atoms with Crippen molar-refractivity contribution in [3.63, 3.8) is 0 Å². The summed E-state index contributed by atoms with van der Waals surface area (Å²) in [4.78, 5) is 12.1. The first kappa shape index (κ1) is 16.5. The molecule has 1 unspecified atom stereocenters. The van der Waals surface area contributed by atoms with Crippen LogP contribution in [0, 0.1) is 23.3 Å². The third kappa shape index (κ3) is 2.88. The lowest BCUT2D eigenvalue weighted by Crippen LogP contribution is -2.28. The molecule has 2 aromatic rings. The normalized spacial score (nSPS) is 15.0. The molecule has 128 valence electrons. The van der Waals surface area contributed by atoms with Gasteiger partial charge in [0.05, 0.1) is 17.3 Å². The van der Waals surface area contributed by atoms with E-state index >= 15 is 0 Å². The Kier molecular flexibility index (Phi) is 4.29. The van der Waals surface area contributed by atoms with Crippen LogP contribution in [0.4, 0.5) is 17.6 Å². The van der Waals surface area contributed by atoms with Crippen LogP contribution in [0.3, 0.4) is 0 Å². The second-order valence-electron chi connectivity index (χ2n) is 5.78. The summed E-state index contributed by atoms with van der Waals surface area (Å²) in [6, 6.07) is 1.59. The molecule has 0 saturated heterocycles. The molecule has 1 aromatic heterocycles. The SMILES string of the molecule is CC(NC(=O)c1cc(F)c(F)c(F)c1F)c1cc2n(n1)CCCC2. The highest BCUT2D eigenvalue weighted by Crippen LogP contribution is 2.22. The molecule has 0 radical (unpaired) electrons. The van der Waals surface area contributed by atoms with Gasteiger partial charge in [-0.2, -0.15) is 5.10 Å². The van der Waals surface area contributed by atoms with Gasteiger partial charge in [0.2, 0.25) is 0 Å².